The molecule has 1 unspecified atom stereocenters. The van der Waals surface area contributed by atoms with E-state index in [-0.39, 0.29) is 18.0 Å². The Balaban J connectivity index is 2.38. The number of hydrogen-bond donors (Lipinski definition) is 1. The molecule has 1 aromatic rings. The predicted octanol–water partition coefficient (Wildman–Crippen LogP) is 2.38. The number of anilines is 1. The van der Waals surface area contributed by atoms with Crippen LogP contribution in [0.4, 0.5) is 10.1 Å². The van der Waals surface area contributed by atoms with Crippen LogP contribution >= 0.6 is 0 Å². The Morgan fingerprint density at radius 3 is 2.83 bits per heavy atom. The summed E-state index contributed by atoms with van der Waals surface area (Å²) >= 11 is 0. The first-order valence-corrected chi connectivity index (χ1v) is 6.41. The van der Waals surface area contributed by atoms with Crippen molar-refractivity contribution in [2.24, 2.45) is 5.73 Å². The number of rotatable bonds is 2. The third kappa shape index (κ3) is 2.65. The second kappa shape index (κ2) is 5.24. The van der Waals surface area contributed by atoms with Gasteiger partial charge in [-0.15, -0.1) is 0 Å². The second-order valence-corrected chi connectivity index (χ2v) is 5.08. The normalized spacial score (nSPS) is 22.1. The molecule has 2 N–H and O–H groups in total. The van der Waals surface area contributed by atoms with Crippen molar-refractivity contribution in [1.29, 1.82) is 0 Å². The SMILES string of the molecule is Cc1cc(N2CCOC(C)C2)c([C@@H](C)N)cc1F. The number of aryl methyl sites for hydroxylation is 1. The Morgan fingerprint density at radius 1 is 1.50 bits per heavy atom. The van der Waals surface area contributed by atoms with Crippen molar-refractivity contribution in [3.8, 4) is 0 Å². The maximum atomic E-state index is 13.7. The molecule has 0 aromatic heterocycles. The molecule has 0 bridgehead atoms. The average Bonchev–Trinajstić information content (AvgIpc) is 2.31. The largest absolute Gasteiger partial charge is 0.375 e. The molecule has 1 saturated heterocycles. The summed E-state index contributed by atoms with van der Waals surface area (Å²) in [6.45, 7) is 8.08. The van der Waals surface area contributed by atoms with Crippen molar-refractivity contribution < 1.29 is 9.13 Å². The highest BCUT2D eigenvalue weighted by Gasteiger charge is 2.21. The Morgan fingerprint density at radius 2 is 2.22 bits per heavy atom. The zero-order valence-corrected chi connectivity index (χ0v) is 11.2. The molecule has 0 saturated carbocycles. The van der Waals surface area contributed by atoms with Crippen LogP contribution in [0.1, 0.15) is 31.0 Å². The summed E-state index contributed by atoms with van der Waals surface area (Å²) in [5, 5.41) is 0. The summed E-state index contributed by atoms with van der Waals surface area (Å²) in [5.74, 6) is -0.188. The lowest BCUT2D eigenvalue weighted by Gasteiger charge is -2.35. The minimum Gasteiger partial charge on any atom is -0.375 e. The molecule has 1 aromatic carbocycles. The summed E-state index contributed by atoms with van der Waals surface area (Å²) in [6, 6.07) is 3.29. The third-order valence-electron chi connectivity index (χ3n) is 3.38. The number of benzene rings is 1. The molecule has 2 atom stereocenters. The van der Waals surface area contributed by atoms with Gasteiger partial charge in [-0.25, -0.2) is 4.39 Å². The lowest BCUT2D eigenvalue weighted by Crippen LogP contribution is -2.41. The summed E-state index contributed by atoms with van der Waals surface area (Å²) in [7, 11) is 0. The standard InChI is InChI=1S/C14H21FN2O/c1-9-6-14(12(11(3)16)7-13(9)15)17-4-5-18-10(2)8-17/h6-7,10-11H,4-5,8,16H2,1-3H3/t10?,11-/m1/s1. The molecular formula is C14H21FN2O. The summed E-state index contributed by atoms with van der Waals surface area (Å²) < 4.78 is 19.2. The van der Waals surface area contributed by atoms with Gasteiger partial charge in [0.25, 0.3) is 0 Å². The van der Waals surface area contributed by atoms with Gasteiger partial charge in [-0.05, 0) is 44.0 Å². The molecule has 4 heteroatoms. The Kier molecular flexibility index (Phi) is 3.88. The van der Waals surface area contributed by atoms with Crippen molar-refractivity contribution in [1.82, 2.24) is 0 Å². The molecule has 0 spiro atoms. The molecule has 0 amide bonds. The molecule has 18 heavy (non-hydrogen) atoms. The highest BCUT2D eigenvalue weighted by molar-refractivity contribution is 5.57. The van der Waals surface area contributed by atoms with Gasteiger partial charge in [0.1, 0.15) is 5.82 Å². The van der Waals surface area contributed by atoms with Crippen molar-refractivity contribution in [2.45, 2.75) is 32.9 Å². The molecule has 1 heterocycles. The van der Waals surface area contributed by atoms with Gasteiger partial charge >= 0.3 is 0 Å². The number of nitrogens with two attached hydrogens (primary N) is 1. The lowest BCUT2D eigenvalue weighted by molar-refractivity contribution is 0.0531. The summed E-state index contributed by atoms with van der Waals surface area (Å²) in [5.41, 5.74) is 8.52. The predicted molar refractivity (Wildman–Crippen MR) is 71.4 cm³/mol. The maximum Gasteiger partial charge on any atom is 0.126 e. The monoisotopic (exact) mass is 252 g/mol. The van der Waals surface area contributed by atoms with Crippen LogP contribution in [-0.4, -0.2) is 25.8 Å². The van der Waals surface area contributed by atoms with Crippen LogP contribution < -0.4 is 10.6 Å². The average molecular weight is 252 g/mol. The fraction of sp³-hybridized carbons (Fsp3) is 0.571. The topological polar surface area (TPSA) is 38.5 Å². The summed E-state index contributed by atoms with van der Waals surface area (Å²) in [4.78, 5) is 2.24. The molecule has 0 aliphatic carbocycles. The smallest absolute Gasteiger partial charge is 0.126 e. The molecule has 1 aliphatic heterocycles. The van der Waals surface area contributed by atoms with Gasteiger partial charge in [0.15, 0.2) is 0 Å². The molecule has 3 nitrogen and oxygen atoms in total. The first kappa shape index (κ1) is 13.3. The van der Waals surface area contributed by atoms with E-state index in [9.17, 15) is 4.39 Å². The van der Waals surface area contributed by atoms with Crippen LogP contribution in [-0.2, 0) is 4.74 Å². The van der Waals surface area contributed by atoms with Gasteiger partial charge in [-0.3, -0.25) is 0 Å². The van der Waals surface area contributed by atoms with Crippen LogP contribution in [0.5, 0.6) is 0 Å². The number of morpholine rings is 1. The van der Waals surface area contributed by atoms with E-state index in [1.807, 2.05) is 19.9 Å². The van der Waals surface area contributed by atoms with Gasteiger partial charge in [0.2, 0.25) is 0 Å². The first-order chi connectivity index (χ1) is 8.49. The first-order valence-electron chi connectivity index (χ1n) is 6.41. The summed E-state index contributed by atoms with van der Waals surface area (Å²) in [6.07, 6.45) is 0.199. The van der Waals surface area contributed by atoms with E-state index in [1.54, 1.807) is 13.0 Å². The highest BCUT2D eigenvalue weighted by Crippen LogP contribution is 2.29. The van der Waals surface area contributed by atoms with Gasteiger partial charge < -0.3 is 15.4 Å². The van der Waals surface area contributed by atoms with E-state index in [1.165, 1.54) is 0 Å². The van der Waals surface area contributed by atoms with Crippen LogP contribution in [0, 0.1) is 12.7 Å². The molecule has 100 valence electrons. The zero-order valence-electron chi connectivity index (χ0n) is 11.2. The van der Waals surface area contributed by atoms with Crippen LogP contribution in [0.2, 0.25) is 0 Å². The fourth-order valence-electron chi connectivity index (χ4n) is 2.36. The minimum absolute atomic E-state index is 0.173. The third-order valence-corrected chi connectivity index (χ3v) is 3.38. The zero-order chi connectivity index (χ0) is 13.3. The lowest BCUT2D eigenvalue weighted by atomic mass is 10.0. The molecular weight excluding hydrogens is 231 g/mol. The van der Waals surface area contributed by atoms with Crippen LogP contribution in [0.15, 0.2) is 12.1 Å². The van der Waals surface area contributed by atoms with E-state index < -0.39 is 0 Å². The number of nitrogens with zero attached hydrogens (tertiary/aromatic N) is 1. The quantitative estimate of drug-likeness (QED) is 0.878. The van der Waals surface area contributed by atoms with Crippen LogP contribution in [0.3, 0.4) is 0 Å². The van der Waals surface area contributed by atoms with Crippen molar-refractivity contribution in [3.05, 3.63) is 29.1 Å². The van der Waals surface area contributed by atoms with Crippen molar-refractivity contribution >= 4 is 5.69 Å². The maximum absolute atomic E-state index is 13.7. The molecule has 0 radical (unpaired) electrons. The van der Waals surface area contributed by atoms with Gasteiger partial charge in [0.05, 0.1) is 12.7 Å². The highest BCUT2D eigenvalue weighted by atomic mass is 19.1. The van der Waals surface area contributed by atoms with Gasteiger partial charge in [0, 0.05) is 24.8 Å². The number of halogens is 1. The van der Waals surface area contributed by atoms with Gasteiger partial charge in [-0.2, -0.15) is 0 Å². The Hall–Kier alpha value is -1.13. The van der Waals surface area contributed by atoms with Crippen molar-refractivity contribution in [2.75, 3.05) is 24.6 Å². The number of hydrogen-bond acceptors (Lipinski definition) is 3. The second-order valence-electron chi connectivity index (χ2n) is 5.08. The van der Waals surface area contributed by atoms with E-state index >= 15 is 0 Å². The van der Waals surface area contributed by atoms with Crippen LogP contribution in [0.25, 0.3) is 0 Å². The Labute approximate surface area is 108 Å². The molecule has 1 aliphatic rings. The van der Waals surface area contributed by atoms with E-state index in [4.69, 9.17) is 10.5 Å². The van der Waals surface area contributed by atoms with E-state index in [0.29, 0.717) is 12.2 Å². The van der Waals surface area contributed by atoms with E-state index in [0.717, 1.165) is 24.3 Å². The molecule has 2 rings (SSSR count). The molecule has 1 fully saturated rings. The Bertz CT molecular complexity index is 434. The number of ether oxygens (including phenoxy) is 1. The van der Waals surface area contributed by atoms with E-state index in [2.05, 4.69) is 4.90 Å². The fourth-order valence-corrected chi connectivity index (χ4v) is 2.36. The van der Waals surface area contributed by atoms with Crippen molar-refractivity contribution in [3.63, 3.8) is 0 Å². The minimum atomic E-state index is -0.188. The van der Waals surface area contributed by atoms with Gasteiger partial charge in [-0.1, -0.05) is 0 Å².